The third-order valence-corrected chi connectivity index (χ3v) is 3.47. The van der Waals surface area contributed by atoms with Crippen LogP contribution in [0.1, 0.15) is 24.7 Å². The van der Waals surface area contributed by atoms with Gasteiger partial charge in [-0.25, -0.2) is 4.98 Å². The number of thiophene rings is 1. The number of rotatable bonds is 7. The van der Waals surface area contributed by atoms with Crippen molar-refractivity contribution in [2.75, 3.05) is 6.54 Å². The van der Waals surface area contributed by atoms with Crippen molar-refractivity contribution >= 4 is 11.3 Å². The second-order valence-electron chi connectivity index (χ2n) is 4.10. The molecule has 0 fully saturated rings. The van der Waals surface area contributed by atoms with Crippen molar-refractivity contribution in [1.29, 1.82) is 0 Å². The molecule has 0 aromatic carbocycles. The Labute approximate surface area is 107 Å². The first-order chi connectivity index (χ1) is 8.40. The molecule has 0 amide bonds. The lowest BCUT2D eigenvalue weighted by Crippen LogP contribution is -2.18. The van der Waals surface area contributed by atoms with Crippen LogP contribution < -0.4 is 5.32 Å². The zero-order valence-electron chi connectivity index (χ0n) is 10.2. The van der Waals surface area contributed by atoms with Gasteiger partial charge in [0.1, 0.15) is 5.82 Å². The molecule has 2 rings (SSSR count). The molecule has 0 radical (unpaired) electrons. The molecule has 0 saturated carbocycles. The second-order valence-corrected chi connectivity index (χ2v) is 4.88. The molecule has 2 heterocycles. The van der Waals surface area contributed by atoms with Crippen LogP contribution >= 0.6 is 11.3 Å². The zero-order valence-corrected chi connectivity index (χ0v) is 11.0. The van der Waals surface area contributed by atoms with Gasteiger partial charge in [0.25, 0.3) is 0 Å². The van der Waals surface area contributed by atoms with Crippen molar-refractivity contribution in [3.8, 4) is 0 Å². The van der Waals surface area contributed by atoms with Gasteiger partial charge in [-0.3, -0.25) is 0 Å². The highest BCUT2D eigenvalue weighted by Crippen LogP contribution is 2.08. The summed E-state index contributed by atoms with van der Waals surface area (Å²) in [6, 6.07) is 2.19. The van der Waals surface area contributed by atoms with E-state index in [-0.39, 0.29) is 0 Å². The van der Waals surface area contributed by atoms with Crippen LogP contribution in [-0.4, -0.2) is 16.1 Å². The Morgan fingerprint density at radius 2 is 2.41 bits per heavy atom. The fourth-order valence-electron chi connectivity index (χ4n) is 1.77. The molecule has 1 N–H and O–H groups in total. The lowest BCUT2D eigenvalue weighted by molar-refractivity contribution is 0.592. The Kier molecular flexibility index (Phi) is 4.76. The summed E-state index contributed by atoms with van der Waals surface area (Å²) in [5.74, 6) is 1.13. The van der Waals surface area contributed by atoms with Gasteiger partial charge < -0.3 is 9.88 Å². The summed E-state index contributed by atoms with van der Waals surface area (Å²) >= 11 is 1.76. The molecule has 0 aliphatic carbocycles. The predicted octanol–water partition coefficient (Wildman–Crippen LogP) is 2.69. The molecule has 0 aliphatic heterocycles. The van der Waals surface area contributed by atoms with E-state index in [4.69, 9.17) is 0 Å². The van der Waals surface area contributed by atoms with Gasteiger partial charge in [0, 0.05) is 18.9 Å². The van der Waals surface area contributed by atoms with Crippen LogP contribution in [0.25, 0.3) is 0 Å². The molecule has 17 heavy (non-hydrogen) atoms. The minimum absolute atomic E-state index is 0.866. The monoisotopic (exact) mass is 249 g/mol. The number of aryl methyl sites for hydroxylation is 2. The summed E-state index contributed by atoms with van der Waals surface area (Å²) < 4.78 is 2.24. The lowest BCUT2D eigenvalue weighted by atomic mass is 10.2. The largest absolute Gasteiger partial charge is 0.334 e. The van der Waals surface area contributed by atoms with E-state index in [2.05, 4.69) is 44.8 Å². The lowest BCUT2D eigenvalue weighted by Gasteiger charge is -2.07. The summed E-state index contributed by atoms with van der Waals surface area (Å²) in [5.41, 5.74) is 1.41. The van der Waals surface area contributed by atoms with E-state index in [1.54, 1.807) is 11.3 Å². The fourth-order valence-corrected chi connectivity index (χ4v) is 2.48. The Balaban J connectivity index is 1.85. The molecule has 0 atom stereocenters. The van der Waals surface area contributed by atoms with E-state index in [0.717, 1.165) is 38.3 Å². The molecule has 2 aromatic rings. The molecular formula is C13H19N3S. The summed E-state index contributed by atoms with van der Waals surface area (Å²) in [7, 11) is 0. The minimum Gasteiger partial charge on any atom is -0.334 e. The van der Waals surface area contributed by atoms with Crippen LogP contribution in [0.4, 0.5) is 0 Å². The van der Waals surface area contributed by atoms with Crippen molar-refractivity contribution in [2.45, 2.75) is 32.9 Å². The molecular weight excluding hydrogens is 230 g/mol. The van der Waals surface area contributed by atoms with Crippen molar-refractivity contribution < 1.29 is 0 Å². The highest BCUT2D eigenvalue weighted by Gasteiger charge is 2.02. The molecule has 2 aromatic heterocycles. The quantitative estimate of drug-likeness (QED) is 0.765. The number of hydrogen-bond donors (Lipinski definition) is 1. The summed E-state index contributed by atoms with van der Waals surface area (Å²) in [6.07, 6.45) is 6.20. The van der Waals surface area contributed by atoms with Gasteiger partial charge in [-0.15, -0.1) is 0 Å². The third-order valence-electron chi connectivity index (χ3n) is 2.73. The molecule has 0 saturated heterocycles. The molecule has 4 heteroatoms. The van der Waals surface area contributed by atoms with Crippen molar-refractivity contribution in [2.24, 2.45) is 0 Å². The average Bonchev–Trinajstić information content (AvgIpc) is 2.97. The highest BCUT2D eigenvalue weighted by atomic mass is 32.1. The first-order valence-corrected chi connectivity index (χ1v) is 7.06. The highest BCUT2D eigenvalue weighted by molar-refractivity contribution is 7.07. The molecule has 0 unspecified atom stereocenters. The van der Waals surface area contributed by atoms with Crippen molar-refractivity contribution in [1.82, 2.24) is 14.9 Å². The van der Waals surface area contributed by atoms with Gasteiger partial charge in [-0.05, 0) is 41.8 Å². The number of imidazole rings is 1. The van der Waals surface area contributed by atoms with Crippen LogP contribution in [0.15, 0.2) is 29.2 Å². The van der Waals surface area contributed by atoms with Gasteiger partial charge in [0.05, 0.1) is 6.54 Å². The fraction of sp³-hybridized carbons (Fsp3) is 0.462. The van der Waals surface area contributed by atoms with Gasteiger partial charge >= 0.3 is 0 Å². The second kappa shape index (κ2) is 6.57. The predicted molar refractivity (Wildman–Crippen MR) is 72.2 cm³/mol. The van der Waals surface area contributed by atoms with E-state index >= 15 is 0 Å². The Morgan fingerprint density at radius 3 is 3.18 bits per heavy atom. The zero-order chi connectivity index (χ0) is 11.9. The number of hydrogen-bond acceptors (Lipinski definition) is 3. The van der Waals surface area contributed by atoms with E-state index in [1.165, 1.54) is 5.56 Å². The van der Waals surface area contributed by atoms with Crippen LogP contribution in [-0.2, 0) is 19.5 Å². The maximum absolute atomic E-state index is 4.39. The molecule has 0 bridgehead atoms. The molecule has 0 spiro atoms. The smallest absolute Gasteiger partial charge is 0.122 e. The first kappa shape index (κ1) is 12.3. The van der Waals surface area contributed by atoms with Gasteiger partial charge in [-0.2, -0.15) is 11.3 Å². The summed E-state index contributed by atoms with van der Waals surface area (Å²) in [5, 5.41) is 7.74. The van der Waals surface area contributed by atoms with Gasteiger partial charge in [0.15, 0.2) is 0 Å². The maximum Gasteiger partial charge on any atom is 0.122 e. The summed E-state index contributed by atoms with van der Waals surface area (Å²) in [6.45, 7) is 5.11. The topological polar surface area (TPSA) is 29.9 Å². The first-order valence-electron chi connectivity index (χ1n) is 6.12. The van der Waals surface area contributed by atoms with E-state index in [9.17, 15) is 0 Å². The van der Waals surface area contributed by atoms with E-state index < -0.39 is 0 Å². The van der Waals surface area contributed by atoms with Crippen LogP contribution in [0.2, 0.25) is 0 Å². The van der Waals surface area contributed by atoms with Crippen LogP contribution in [0, 0.1) is 0 Å². The Morgan fingerprint density at radius 1 is 1.47 bits per heavy atom. The molecule has 0 aliphatic rings. The average molecular weight is 249 g/mol. The Hall–Kier alpha value is -1.13. The SMILES string of the molecule is CCCNCc1nccn1CCc1ccsc1. The number of aromatic nitrogens is 2. The van der Waals surface area contributed by atoms with Crippen molar-refractivity contribution in [3.63, 3.8) is 0 Å². The summed E-state index contributed by atoms with van der Waals surface area (Å²) in [4.78, 5) is 4.39. The standard InChI is InChI=1S/C13H19N3S/c1-2-5-14-10-13-15-6-8-16(13)7-3-12-4-9-17-11-12/h4,6,8-9,11,14H,2-3,5,7,10H2,1H3. The minimum atomic E-state index is 0.866. The van der Waals surface area contributed by atoms with Crippen LogP contribution in [0.3, 0.4) is 0 Å². The normalized spacial score (nSPS) is 10.9. The maximum atomic E-state index is 4.39. The van der Waals surface area contributed by atoms with Crippen LogP contribution in [0.5, 0.6) is 0 Å². The molecule has 92 valence electrons. The van der Waals surface area contributed by atoms with E-state index in [1.807, 2.05) is 6.20 Å². The van der Waals surface area contributed by atoms with E-state index in [0.29, 0.717) is 0 Å². The van der Waals surface area contributed by atoms with Gasteiger partial charge in [0.2, 0.25) is 0 Å². The van der Waals surface area contributed by atoms with Gasteiger partial charge in [-0.1, -0.05) is 6.92 Å². The third kappa shape index (κ3) is 3.68. The number of nitrogens with zero attached hydrogens (tertiary/aromatic N) is 2. The number of nitrogens with one attached hydrogen (secondary N) is 1. The molecule has 3 nitrogen and oxygen atoms in total. The van der Waals surface area contributed by atoms with Crippen molar-refractivity contribution in [3.05, 3.63) is 40.6 Å². The Bertz CT molecular complexity index is 420.